The summed E-state index contributed by atoms with van der Waals surface area (Å²) < 4.78 is 56.8. The highest BCUT2D eigenvalue weighted by Crippen LogP contribution is 2.26. The van der Waals surface area contributed by atoms with E-state index in [4.69, 9.17) is 0 Å². The third-order valence-corrected chi connectivity index (χ3v) is 4.41. The number of benzene rings is 1. The fourth-order valence-corrected chi connectivity index (χ4v) is 2.85. The predicted octanol–water partition coefficient (Wildman–Crippen LogP) is 3.79. The van der Waals surface area contributed by atoms with Gasteiger partial charge in [-0.3, -0.25) is 19.1 Å². The van der Waals surface area contributed by atoms with Gasteiger partial charge in [0.05, 0.1) is 23.3 Å². The van der Waals surface area contributed by atoms with Crippen molar-refractivity contribution in [1.82, 2.24) is 9.55 Å². The number of rotatable bonds is 6. The Labute approximate surface area is 185 Å². The molecule has 0 unspecified atom stereocenters. The van der Waals surface area contributed by atoms with Crippen LogP contribution in [0.25, 0.3) is 5.69 Å². The topological polar surface area (TPSA) is 93.5 Å². The molecule has 0 saturated carbocycles. The van der Waals surface area contributed by atoms with E-state index in [0.717, 1.165) is 22.8 Å². The van der Waals surface area contributed by atoms with Crippen molar-refractivity contribution in [2.24, 2.45) is 0 Å². The number of halogens is 4. The van der Waals surface area contributed by atoms with Crippen molar-refractivity contribution in [1.29, 1.82) is 0 Å². The summed E-state index contributed by atoms with van der Waals surface area (Å²) in [7, 11) is 0. The zero-order chi connectivity index (χ0) is 24.4. The second-order valence-corrected chi connectivity index (χ2v) is 7.56. The maximum Gasteiger partial charge on any atom is 0.422 e. The number of hydrogen-bond donors (Lipinski definition) is 2. The van der Waals surface area contributed by atoms with Crippen molar-refractivity contribution in [3.05, 3.63) is 82.3 Å². The van der Waals surface area contributed by atoms with Crippen molar-refractivity contribution in [3.63, 3.8) is 0 Å². The number of amides is 1. The molecule has 0 radical (unpaired) electrons. The molecule has 2 heterocycles. The molecule has 11 heteroatoms. The van der Waals surface area contributed by atoms with Crippen LogP contribution >= 0.6 is 0 Å². The number of pyridine rings is 2. The number of aromatic nitrogens is 2. The minimum atomic E-state index is -4.68. The molecule has 2 N–H and O–H groups in total. The van der Waals surface area contributed by atoms with E-state index in [0.29, 0.717) is 5.69 Å². The van der Waals surface area contributed by atoms with Gasteiger partial charge in [-0.1, -0.05) is 0 Å². The Bertz CT molecular complexity index is 1220. The fraction of sp³-hybridized carbons (Fsp3) is 0.227. The number of ether oxygens (including phenoxy) is 1. The summed E-state index contributed by atoms with van der Waals surface area (Å²) in [4.78, 5) is 29.6. The van der Waals surface area contributed by atoms with Gasteiger partial charge < -0.3 is 15.2 Å². The van der Waals surface area contributed by atoms with E-state index >= 15 is 0 Å². The lowest BCUT2D eigenvalue weighted by atomic mass is 10.1. The van der Waals surface area contributed by atoms with E-state index in [1.54, 1.807) is 13.8 Å². The number of aliphatic hydroxyl groups is 1. The first-order valence-electron chi connectivity index (χ1n) is 9.56. The van der Waals surface area contributed by atoms with Crippen LogP contribution in [-0.4, -0.2) is 33.3 Å². The zero-order valence-electron chi connectivity index (χ0n) is 17.5. The van der Waals surface area contributed by atoms with Gasteiger partial charge in [0.2, 0.25) is 0 Å². The Kier molecular flexibility index (Phi) is 6.54. The number of nitrogens with zero attached hydrogens (tertiary/aromatic N) is 2. The molecule has 3 aromatic rings. The normalized spacial score (nSPS) is 11.8. The van der Waals surface area contributed by atoms with Gasteiger partial charge in [-0.15, -0.1) is 0 Å². The number of carbonyl (C=O) groups is 1. The average molecular weight is 465 g/mol. The summed E-state index contributed by atoms with van der Waals surface area (Å²) in [6.07, 6.45) is -2.16. The molecule has 0 saturated heterocycles. The third-order valence-electron chi connectivity index (χ3n) is 4.41. The Hall–Kier alpha value is -3.73. The van der Waals surface area contributed by atoms with Gasteiger partial charge in [0.15, 0.2) is 6.61 Å². The van der Waals surface area contributed by atoms with Gasteiger partial charge >= 0.3 is 6.18 Å². The Morgan fingerprint density at radius 3 is 2.52 bits per heavy atom. The van der Waals surface area contributed by atoms with Crippen LogP contribution in [0, 0.1) is 5.82 Å². The van der Waals surface area contributed by atoms with E-state index < -0.39 is 41.4 Å². The van der Waals surface area contributed by atoms with Crippen LogP contribution in [0.5, 0.6) is 5.75 Å². The van der Waals surface area contributed by atoms with Crippen LogP contribution in [-0.2, 0) is 5.60 Å². The molecule has 0 fully saturated rings. The number of alkyl halides is 3. The first-order chi connectivity index (χ1) is 15.3. The molecule has 33 heavy (non-hydrogen) atoms. The summed E-state index contributed by atoms with van der Waals surface area (Å²) in [6, 6.07) is 8.30. The van der Waals surface area contributed by atoms with Crippen molar-refractivity contribution < 1.29 is 32.2 Å². The summed E-state index contributed by atoms with van der Waals surface area (Å²) in [6.45, 7) is 1.40. The minimum absolute atomic E-state index is 0.170. The molecule has 0 aliphatic carbocycles. The van der Waals surface area contributed by atoms with Gasteiger partial charge in [-0.2, -0.15) is 13.2 Å². The number of nitrogens with one attached hydrogen (secondary N) is 1. The van der Waals surface area contributed by atoms with Crippen molar-refractivity contribution in [2.45, 2.75) is 25.6 Å². The third kappa shape index (κ3) is 5.95. The maximum atomic E-state index is 13.6. The van der Waals surface area contributed by atoms with Crippen molar-refractivity contribution >= 4 is 11.6 Å². The van der Waals surface area contributed by atoms with Crippen LogP contribution in [0.1, 0.15) is 29.9 Å². The highest BCUT2D eigenvalue weighted by molar-refractivity contribution is 6.03. The SMILES string of the molecule is CC(C)(O)c1ccc(NC(=O)c2cccn(-c3ccc(F)cc3OCC(F)(F)F)c2=O)cn1. The molecule has 3 rings (SSSR count). The Balaban J connectivity index is 1.91. The van der Waals surface area contributed by atoms with E-state index in [-0.39, 0.29) is 16.9 Å². The summed E-state index contributed by atoms with van der Waals surface area (Å²) in [5.41, 5.74) is -1.92. The molecule has 0 bridgehead atoms. The van der Waals surface area contributed by atoms with Crippen molar-refractivity contribution in [2.75, 3.05) is 11.9 Å². The lowest BCUT2D eigenvalue weighted by Gasteiger charge is -2.16. The van der Waals surface area contributed by atoms with Gasteiger partial charge in [0, 0.05) is 12.3 Å². The molecule has 2 aromatic heterocycles. The van der Waals surface area contributed by atoms with Crippen LogP contribution in [0.15, 0.2) is 59.7 Å². The first-order valence-corrected chi connectivity index (χ1v) is 9.56. The molecular formula is C22H19F4N3O4. The maximum absolute atomic E-state index is 13.6. The van der Waals surface area contributed by atoms with Crippen LogP contribution in [0.2, 0.25) is 0 Å². The van der Waals surface area contributed by atoms with E-state index in [1.807, 2.05) is 0 Å². The molecule has 0 aliphatic heterocycles. The van der Waals surface area contributed by atoms with Gasteiger partial charge in [-0.25, -0.2) is 4.39 Å². The minimum Gasteiger partial charge on any atom is -0.482 e. The lowest BCUT2D eigenvalue weighted by Crippen LogP contribution is -2.28. The number of anilines is 1. The number of carbonyl (C=O) groups excluding carboxylic acids is 1. The van der Waals surface area contributed by atoms with Crippen molar-refractivity contribution in [3.8, 4) is 11.4 Å². The average Bonchev–Trinajstić information content (AvgIpc) is 2.72. The molecule has 0 atom stereocenters. The Morgan fingerprint density at radius 1 is 1.18 bits per heavy atom. The van der Waals surface area contributed by atoms with E-state index in [9.17, 15) is 32.3 Å². The molecule has 1 amide bonds. The Morgan fingerprint density at radius 2 is 1.91 bits per heavy atom. The quantitative estimate of drug-likeness (QED) is 0.541. The lowest BCUT2D eigenvalue weighted by molar-refractivity contribution is -0.153. The van der Waals surface area contributed by atoms with Crippen LogP contribution in [0.4, 0.5) is 23.2 Å². The highest BCUT2D eigenvalue weighted by atomic mass is 19.4. The standard InChI is InChI=1S/C22H19F4N3O4/c1-21(2,32)18-8-6-14(11-27-18)28-19(30)15-4-3-9-29(20(15)31)16-7-5-13(23)10-17(16)33-12-22(24,25)26/h3-11,32H,12H2,1-2H3,(H,28,30). The molecule has 0 spiro atoms. The smallest absolute Gasteiger partial charge is 0.422 e. The van der Waals surface area contributed by atoms with Gasteiger partial charge in [-0.05, 0) is 50.2 Å². The monoisotopic (exact) mass is 465 g/mol. The fourth-order valence-electron chi connectivity index (χ4n) is 2.85. The highest BCUT2D eigenvalue weighted by Gasteiger charge is 2.29. The van der Waals surface area contributed by atoms with Gasteiger partial charge in [0.25, 0.3) is 11.5 Å². The van der Waals surface area contributed by atoms with E-state index in [2.05, 4.69) is 15.0 Å². The summed E-state index contributed by atoms with van der Waals surface area (Å²) >= 11 is 0. The molecule has 0 aliphatic rings. The predicted molar refractivity (Wildman–Crippen MR) is 111 cm³/mol. The summed E-state index contributed by atoms with van der Waals surface area (Å²) in [5, 5.41) is 12.4. The van der Waals surface area contributed by atoms with Gasteiger partial charge in [0.1, 0.15) is 22.7 Å². The second kappa shape index (κ2) is 9.02. The van der Waals surface area contributed by atoms with Crippen LogP contribution in [0.3, 0.4) is 0 Å². The van der Waals surface area contributed by atoms with Crippen LogP contribution < -0.4 is 15.6 Å². The largest absolute Gasteiger partial charge is 0.482 e. The molecule has 1 aromatic carbocycles. The van der Waals surface area contributed by atoms with E-state index in [1.165, 1.54) is 36.7 Å². The zero-order valence-corrected chi connectivity index (χ0v) is 17.5. The molecule has 7 nitrogen and oxygen atoms in total. The molecule has 174 valence electrons. The first kappa shape index (κ1) is 23.9. The second-order valence-electron chi connectivity index (χ2n) is 7.56. The molecular weight excluding hydrogens is 446 g/mol. The summed E-state index contributed by atoms with van der Waals surface area (Å²) in [5.74, 6) is -2.18. The number of hydrogen-bond acceptors (Lipinski definition) is 5.